The molecule has 0 unspecified atom stereocenters. The third-order valence-corrected chi connectivity index (χ3v) is 1.56. The summed E-state index contributed by atoms with van der Waals surface area (Å²) < 4.78 is 0. The van der Waals surface area contributed by atoms with E-state index in [0.717, 1.165) is 18.4 Å². The van der Waals surface area contributed by atoms with Crippen molar-refractivity contribution in [2.75, 3.05) is 0 Å². The molecule has 2 heteroatoms. The molecule has 0 rings (SSSR count). The van der Waals surface area contributed by atoms with Crippen molar-refractivity contribution in [2.24, 2.45) is 0 Å². The second kappa shape index (κ2) is 6.01. The molecule has 0 atom stereocenters. The van der Waals surface area contributed by atoms with Gasteiger partial charge in [-0.25, -0.2) is 0 Å². The summed E-state index contributed by atoms with van der Waals surface area (Å²) in [6.45, 7) is 6.04. The van der Waals surface area contributed by atoms with E-state index in [9.17, 15) is 4.79 Å². The Kier molecular flexibility index (Phi) is 5.73. The zero-order valence-electron chi connectivity index (χ0n) is 7.86. The van der Waals surface area contributed by atoms with Crippen molar-refractivity contribution >= 4 is 16.8 Å². The number of carbonyl (C=O) groups is 1. The molecule has 0 aliphatic carbocycles. The molecule has 0 N–H and O–H groups in total. The Morgan fingerprint density at radius 2 is 1.92 bits per heavy atom. The molecular weight excluding hydrogens is 172 g/mol. The molecule has 1 nitrogen and oxygen atoms in total. The maximum absolute atomic E-state index is 10.4. The van der Waals surface area contributed by atoms with E-state index < -0.39 is 0 Å². The minimum atomic E-state index is -0.385. The van der Waals surface area contributed by atoms with Gasteiger partial charge in [-0.3, -0.25) is 4.79 Å². The SMILES string of the molecule is CC(C)=CCCC(C)=CC(=O)Cl. The van der Waals surface area contributed by atoms with Crippen LogP contribution in [0.4, 0.5) is 0 Å². The summed E-state index contributed by atoms with van der Waals surface area (Å²) in [6, 6.07) is 0. The van der Waals surface area contributed by atoms with E-state index >= 15 is 0 Å². The van der Waals surface area contributed by atoms with Gasteiger partial charge in [0.2, 0.25) is 5.24 Å². The fourth-order valence-electron chi connectivity index (χ4n) is 0.854. The monoisotopic (exact) mass is 186 g/mol. The number of hydrogen-bond acceptors (Lipinski definition) is 1. The van der Waals surface area contributed by atoms with E-state index in [0.29, 0.717) is 0 Å². The Bertz CT molecular complexity index is 210. The van der Waals surface area contributed by atoms with Gasteiger partial charge in [-0.05, 0) is 51.3 Å². The van der Waals surface area contributed by atoms with Gasteiger partial charge in [-0.2, -0.15) is 0 Å². The highest BCUT2D eigenvalue weighted by atomic mass is 35.5. The zero-order chi connectivity index (χ0) is 9.56. The molecule has 0 aromatic heterocycles. The molecular formula is C10H15ClO. The quantitative estimate of drug-likeness (QED) is 0.374. The molecule has 12 heavy (non-hydrogen) atoms. The second-order valence-electron chi connectivity index (χ2n) is 3.11. The number of hydrogen-bond donors (Lipinski definition) is 0. The Balaban J connectivity index is 3.79. The van der Waals surface area contributed by atoms with E-state index in [1.54, 1.807) is 0 Å². The highest BCUT2D eigenvalue weighted by Gasteiger charge is 1.92. The number of carbonyl (C=O) groups excluding carboxylic acids is 1. The average molecular weight is 187 g/mol. The number of rotatable bonds is 4. The third-order valence-electron chi connectivity index (χ3n) is 1.45. The van der Waals surface area contributed by atoms with Crippen LogP contribution in [0.2, 0.25) is 0 Å². The molecule has 0 amide bonds. The Labute approximate surface area is 79.1 Å². The van der Waals surface area contributed by atoms with E-state index in [1.807, 2.05) is 6.92 Å². The maximum Gasteiger partial charge on any atom is 0.245 e. The van der Waals surface area contributed by atoms with Gasteiger partial charge in [0.25, 0.3) is 0 Å². The first-order chi connectivity index (χ1) is 5.52. The van der Waals surface area contributed by atoms with Gasteiger partial charge in [-0.1, -0.05) is 17.2 Å². The minimum absolute atomic E-state index is 0.385. The van der Waals surface area contributed by atoms with E-state index in [-0.39, 0.29) is 5.24 Å². The molecule has 68 valence electrons. The minimum Gasteiger partial charge on any atom is -0.276 e. The van der Waals surface area contributed by atoms with Crippen LogP contribution in [0.15, 0.2) is 23.3 Å². The van der Waals surface area contributed by atoms with Crippen molar-refractivity contribution in [1.29, 1.82) is 0 Å². The summed E-state index contributed by atoms with van der Waals surface area (Å²) >= 11 is 5.18. The predicted octanol–water partition coefficient (Wildman–Crippen LogP) is 3.44. The van der Waals surface area contributed by atoms with Crippen molar-refractivity contribution in [3.8, 4) is 0 Å². The largest absolute Gasteiger partial charge is 0.276 e. The van der Waals surface area contributed by atoms with Crippen LogP contribution in [0.25, 0.3) is 0 Å². The van der Waals surface area contributed by atoms with E-state index in [2.05, 4.69) is 19.9 Å². The third kappa shape index (κ3) is 7.55. The van der Waals surface area contributed by atoms with Gasteiger partial charge in [0.15, 0.2) is 0 Å². The van der Waals surface area contributed by atoms with Crippen LogP contribution in [-0.2, 0) is 4.79 Å². The molecule has 0 aliphatic rings. The highest BCUT2D eigenvalue weighted by molar-refractivity contribution is 6.66. The molecule has 0 radical (unpaired) electrons. The molecule has 0 saturated heterocycles. The maximum atomic E-state index is 10.4. The van der Waals surface area contributed by atoms with Crippen LogP contribution in [0.5, 0.6) is 0 Å². The van der Waals surface area contributed by atoms with Gasteiger partial charge >= 0.3 is 0 Å². The van der Waals surface area contributed by atoms with Crippen molar-refractivity contribution in [3.05, 3.63) is 23.3 Å². The first-order valence-electron chi connectivity index (χ1n) is 4.02. The lowest BCUT2D eigenvalue weighted by Gasteiger charge is -1.95. The van der Waals surface area contributed by atoms with Crippen LogP contribution in [0, 0.1) is 0 Å². The summed E-state index contributed by atoms with van der Waals surface area (Å²) in [4.78, 5) is 10.4. The lowest BCUT2D eigenvalue weighted by atomic mass is 10.1. The smallest absolute Gasteiger partial charge is 0.245 e. The van der Waals surface area contributed by atoms with Crippen molar-refractivity contribution in [2.45, 2.75) is 33.6 Å². The molecule has 0 aliphatic heterocycles. The topological polar surface area (TPSA) is 17.1 Å². The molecule has 0 bridgehead atoms. The summed E-state index contributed by atoms with van der Waals surface area (Å²) in [7, 11) is 0. The molecule has 0 saturated carbocycles. The standard InChI is InChI=1S/C10H15ClO/c1-8(2)5-4-6-9(3)7-10(11)12/h5,7H,4,6H2,1-3H3. The van der Waals surface area contributed by atoms with Gasteiger partial charge in [0.1, 0.15) is 0 Å². The Morgan fingerprint density at radius 3 is 2.33 bits per heavy atom. The van der Waals surface area contributed by atoms with Gasteiger partial charge in [-0.15, -0.1) is 0 Å². The lowest BCUT2D eigenvalue weighted by Crippen LogP contribution is -1.82. The van der Waals surface area contributed by atoms with Crippen LogP contribution in [0.1, 0.15) is 33.6 Å². The fourth-order valence-corrected chi connectivity index (χ4v) is 1.04. The average Bonchev–Trinajstić information content (AvgIpc) is 1.84. The van der Waals surface area contributed by atoms with Crippen LogP contribution >= 0.6 is 11.6 Å². The summed E-state index contributed by atoms with van der Waals surface area (Å²) in [5.74, 6) is 0. The van der Waals surface area contributed by atoms with Crippen LogP contribution in [-0.4, -0.2) is 5.24 Å². The summed E-state index contributed by atoms with van der Waals surface area (Å²) in [6.07, 6.45) is 5.51. The first kappa shape index (κ1) is 11.4. The van der Waals surface area contributed by atoms with E-state index in [4.69, 9.17) is 11.6 Å². The first-order valence-corrected chi connectivity index (χ1v) is 4.40. The molecule has 0 aromatic rings. The lowest BCUT2D eigenvalue weighted by molar-refractivity contribution is -0.107. The summed E-state index contributed by atoms with van der Waals surface area (Å²) in [5, 5.41) is -0.385. The zero-order valence-corrected chi connectivity index (χ0v) is 8.61. The fraction of sp³-hybridized carbons (Fsp3) is 0.500. The Hall–Kier alpha value is -0.560. The normalized spacial score (nSPS) is 11.2. The Morgan fingerprint density at radius 1 is 1.33 bits per heavy atom. The molecule has 0 aromatic carbocycles. The number of halogens is 1. The van der Waals surface area contributed by atoms with Gasteiger partial charge < -0.3 is 0 Å². The molecule has 0 spiro atoms. The second-order valence-corrected chi connectivity index (χ2v) is 3.49. The molecule has 0 heterocycles. The van der Waals surface area contributed by atoms with Gasteiger partial charge in [0, 0.05) is 0 Å². The molecule has 0 fully saturated rings. The van der Waals surface area contributed by atoms with Gasteiger partial charge in [0.05, 0.1) is 0 Å². The van der Waals surface area contributed by atoms with Crippen LogP contribution in [0.3, 0.4) is 0 Å². The predicted molar refractivity (Wildman–Crippen MR) is 53.3 cm³/mol. The highest BCUT2D eigenvalue weighted by Crippen LogP contribution is 2.06. The van der Waals surface area contributed by atoms with E-state index in [1.165, 1.54) is 11.6 Å². The summed E-state index contributed by atoms with van der Waals surface area (Å²) in [5.41, 5.74) is 2.34. The van der Waals surface area contributed by atoms with Crippen molar-refractivity contribution in [1.82, 2.24) is 0 Å². The van der Waals surface area contributed by atoms with Crippen molar-refractivity contribution in [3.63, 3.8) is 0 Å². The van der Waals surface area contributed by atoms with Crippen LogP contribution < -0.4 is 0 Å². The number of allylic oxidation sites excluding steroid dienone is 4. The van der Waals surface area contributed by atoms with Crippen molar-refractivity contribution < 1.29 is 4.79 Å².